The quantitative estimate of drug-likeness (QED) is 0.813. The lowest BCUT2D eigenvalue weighted by Crippen LogP contribution is -2.26. The van der Waals surface area contributed by atoms with Crippen LogP contribution in [0.25, 0.3) is 0 Å². The first kappa shape index (κ1) is 14.0. The van der Waals surface area contributed by atoms with Gasteiger partial charge in [0.05, 0.1) is 0 Å². The number of benzene rings is 1. The first-order chi connectivity index (χ1) is 7.63. The largest absolute Gasteiger partial charge is 0.327 e. The topological polar surface area (TPSA) is 26.0 Å². The summed E-state index contributed by atoms with van der Waals surface area (Å²) >= 11 is 5.27. The molecular formula is C12H17BrFNS. The second-order valence-electron chi connectivity index (χ2n) is 3.77. The fourth-order valence-electron chi connectivity index (χ4n) is 1.42. The van der Waals surface area contributed by atoms with Crippen LogP contribution in [0.1, 0.15) is 18.9 Å². The normalized spacial score (nSPS) is 12.8. The van der Waals surface area contributed by atoms with Crippen molar-refractivity contribution in [1.29, 1.82) is 0 Å². The Balaban J connectivity index is 2.48. The second-order valence-corrected chi connectivity index (χ2v) is 5.78. The van der Waals surface area contributed by atoms with Gasteiger partial charge in [-0.1, -0.05) is 22.9 Å². The third kappa shape index (κ3) is 4.85. The maximum absolute atomic E-state index is 13.0. The highest BCUT2D eigenvalue weighted by Crippen LogP contribution is 2.19. The van der Waals surface area contributed by atoms with E-state index in [0.29, 0.717) is 0 Å². The molecule has 2 N–H and O–H groups in total. The lowest BCUT2D eigenvalue weighted by Gasteiger charge is -2.12. The van der Waals surface area contributed by atoms with E-state index in [2.05, 4.69) is 22.9 Å². The van der Waals surface area contributed by atoms with Gasteiger partial charge in [0, 0.05) is 16.3 Å². The molecular weight excluding hydrogens is 289 g/mol. The number of rotatable bonds is 6. The summed E-state index contributed by atoms with van der Waals surface area (Å²) in [6.45, 7) is 2.15. The van der Waals surface area contributed by atoms with Crippen molar-refractivity contribution in [2.24, 2.45) is 5.73 Å². The average molecular weight is 306 g/mol. The molecule has 0 fully saturated rings. The van der Waals surface area contributed by atoms with E-state index >= 15 is 0 Å². The van der Waals surface area contributed by atoms with Crippen molar-refractivity contribution in [3.8, 4) is 0 Å². The molecule has 0 aromatic heterocycles. The van der Waals surface area contributed by atoms with Crippen LogP contribution >= 0.6 is 27.7 Å². The molecule has 0 saturated heterocycles. The summed E-state index contributed by atoms with van der Waals surface area (Å²) in [5.74, 6) is 1.86. The van der Waals surface area contributed by atoms with E-state index in [9.17, 15) is 4.39 Å². The van der Waals surface area contributed by atoms with E-state index in [1.54, 1.807) is 12.1 Å². The van der Waals surface area contributed by atoms with Gasteiger partial charge in [0.1, 0.15) is 5.82 Å². The van der Waals surface area contributed by atoms with Crippen molar-refractivity contribution in [2.75, 3.05) is 11.5 Å². The second kappa shape index (κ2) is 7.30. The smallest absolute Gasteiger partial charge is 0.123 e. The fraction of sp³-hybridized carbons (Fsp3) is 0.500. The van der Waals surface area contributed by atoms with Gasteiger partial charge in [-0.2, -0.15) is 11.8 Å². The summed E-state index contributed by atoms with van der Waals surface area (Å²) in [5, 5.41) is 0. The first-order valence-corrected chi connectivity index (χ1v) is 7.35. The van der Waals surface area contributed by atoms with Crippen molar-refractivity contribution in [1.82, 2.24) is 0 Å². The molecule has 0 spiro atoms. The van der Waals surface area contributed by atoms with Gasteiger partial charge in [-0.3, -0.25) is 0 Å². The summed E-state index contributed by atoms with van der Waals surface area (Å²) in [4.78, 5) is 0. The molecule has 1 aromatic rings. The molecule has 0 aliphatic rings. The molecule has 0 heterocycles. The van der Waals surface area contributed by atoms with Crippen molar-refractivity contribution in [3.05, 3.63) is 34.1 Å². The van der Waals surface area contributed by atoms with E-state index in [-0.39, 0.29) is 11.9 Å². The Morgan fingerprint density at radius 1 is 1.50 bits per heavy atom. The Morgan fingerprint density at radius 3 is 2.94 bits per heavy atom. The molecule has 1 unspecified atom stereocenters. The molecule has 0 radical (unpaired) electrons. The van der Waals surface area contributed by atoms with Crippen LogP contribution in [0.2, 0.25) is 0 Å². The molecule has 0 saturated carbocycles. The Labute approximate surface area is 109 Å². The summed E-state index contributed by atoms with van der Waals surface area (Å²) in [6.07, 6.45) is 1.89. The number of hydrogen-bond acceptors (Lipinski definition) is 2. The van der Waals surface area contributed by atoms with Crippen LogP contribution in [0.5, 0.6) is 0 Å². The minimum absolute atomic E-state index is 0.0923. The molecule has 0 amide bonds. The summed E-state index contributed by atoms with van der Waals surface area (Å²) in [6, 6.07) is 4.82. The van der Waals surface area contributed by atoms with Crippen LogP contribution in [0.15, 0.2) is 22.7 Å². The fourth-order valence-corrected chi connectivity index (χ4v) is 2.70. The third-order valence-corrected chi connectivity index (χ3v) is 4.30. The van der Waals surface area contributed by atoms with Crippen LogP contribution in [0, 0.1) is 5.82 Å². The number of halogens is 2. The highest BCUT2D eigenvalue weighted by molar-refractivity contribution is 9.10. The van der Waals surface area contributed by atoms with E-state index < -0.39 is 0 Å². The predicted molar refractivity (Wildman–Crippen MR) is 73.4 cm³/mol. The minimum Gasteiger partial charge on any atom is -0.327 e. The zero-order valence-corrected chi connectivity index (χ0v) is 11.8. The summed E-state index contributed by atoms with van der Waals surface area (Å²) in [5.41, 5.74) is 6.95. The van der Waals surface area contributed by atoms with Crippen LogP contribution in [0.4, 0.5) is 4.39 Å². The van der Waals surface area contributed by atoms with Crippen molar-refractivity contribution in [3.63, 3.8) is 0 Å². The monoisotopic (exact) mass is 305 g/mol. The Morgan fingerprint density at radius 2 is 2.25 bits per heavy atom. The van der Waals surface area contributed by atoms with Gasteiger partial charge in [0.2, 0.25) is 0 Å². The van der Waals surface area contributed by atoms with Crippen LogP contribution < -0.4 is 5.73 Å². The van der Waals surface area contributed by atoms with Crippen molar-refractivity contribution < 1.29 is 4.39 Å². The van der Waals surface area contributed by atoms with E-state index in [1.165, 1.54) is 12.5 Å². The minimum atomic E-state index is -0.202. The van der Waals surface area contributed by atoms with E-state index in [1.807, 2.05) is 11.8 Å². The van der Waals surface area contributed by atoms with Crippen molar-refractivity contribution >= 4 is 27.7 Å². The van der Waals surface area contributed by atoms with Gasteiger partial charge in [-0.05, 0) is 42.4 Å². The third-order valence-electron chi connectivity index (χ3n) is 2.17. The molecule has 1 aromatic carbocycles. The van der Waals surface area contributed by atoms with Crippen LogP contribution in [-0.2, 0) is 6.42 Å². The molecule has 1 nitrogen and oxygen atoms in total. The SMILES string of the molecule is CCCSCC(N)Cc1cc(F)ccc1Br. The van der Waals surface area contributed by atoms with Gasteiger partial charge < -0.3 is 5.73 Å². The lowest BCUT2D eigenvalue weighted by atomic mass is 10.1. The van der Waals surface area contributed by atoms with Crippen LogP contribution in [-0.4, -0.2) is 17.5 Å². The Bertz CT molecular complexity index is 333. The van der Waals surface area contributed by atoms with Gasteiger partial charge in [0.25, 0.3) is 0 Å². The zero-order chi connectivity index (χ0) is 12.0. The molecule has 1 atom stereocenters. The maximum atomic E-state index is 13.0. The zero-order valence-electron chi connectivity index (χ0n) is 9.38. The van der Waals surface area contributed by atoms with Gasteiger partial charge in [0.15, 0.2) is 0 Å². The molecule has 0 bridgehead atoms. The standard InChI is InChI=1S/C12H17BrFNS/c1-2-5-16-8-11(15)7-9-6-10(14)3-4-12(9)13/h3-4,6,11H,2,5,7-8,15H2,1H3. The maximum Gasteiger partial charge on any atom is 0.123 e. The summed E-state index contributed by atoms with van der Waals surface area (Å²) in [7, 11) is 0. The average Bonchev–Trinajstić information content (AvgIpc) is 2.24. The highest BCUT2D eigenvalue weighted by atomic mass is 79.9. The molecule has 4 heteroatoms. The number of thioether (sulfide) groups is 1. The van der Waals surface area contributed by atoms with E-state index in [0.717, 1.165) is 28.0 Å². The van der Waals surface area contributed by atoms with E-state index in [4.69, 9.17) is 5.73 Å². The molecule has 0 aliphatic heterocycles. The number of nitrogens with two attached hydrogens (primary N) is 1. The van der Waals surface area contributed by atoms with Gasteiger partial charge in [-0.25, -0.2) is 4.39 Å². The molecule has 1 rings (SSSR count). The Hall–Kier alpha value is -0.0600. The predicted octanol–water partition coefficient (Wildman–Crippen LogP) is 3.60. The van der Waals surface area contributed by atoms with Crippen molar-refractivity contribution in [2.45, 2.75) is 25.8 Å². The van der Waals surface area contributed by atoms with Crippen LogP contribution in [0.3, 0.4) is 0 Å². The molecule has 90 valence electrons. The number of hydrogen-bond donors (Lipinski definition) is 1. The highest BCUT2D eigenvalue weighted by Gasteiger charge is 2.08. The van der Waals surface area contributed by atoms with Gasteiger partial charge in [-0.15, -0.1) is 0 Å². The molecule has 16 heavy (non-hydrogen) atoms. The summed E-state index contributed by atoms with van der Waals surface area (Å²) < 4.78 is 14.0. The Kier molecular flexibility index (Phi) is 6.39. The molecule has 0 aliphatic carbocycles. The first-order valence-electron chi connectivity index (χ1n) is 5.40. The van der Waals surface area contributed by atoms with Gasteiger partial charge >= 0.3 is 0 Å². The lowest BCUT2D eigenvalue weighted by molar-refractivity contribution is 0.622.